The van der Waals surface area contributed by atoms with Gasteiger partial charge in [0.05, 0.1) is 18.3 Å². The van der Waals surface area contributed by atoms with Crippen LogP contribution in [0.25, 0.3) is 0 Å². The number of benzene rings is 1. The molecule has 4 rings (SSSR count). The fourth-order valence-corrected chi connectivity index (χ4v) is 4.38. The van der Waals surface area contributed by atoms with Gasteiger partial charge in [-0.2, -0.15) is 5.10 Å². The van der Waals surface area contributed by atoms with Crippen LogP contribution >= 0.6 is 11.3 Å². The summed E-state index contributed by atoms with van der Waals surface area (Å²) in [7, 11) is 0. The number of anilines is 1. The molecule has 1 aromatic carbocycles. The summed E-state index contributed by atoms with van der Waals surface area (Å²) >= 11 is 1.61. The summed E-state index contributed by atoms with van der Waals surface area (Å²) < 4.78 is 1.86. The zero-order valence-corrected chi connectivity index (χ0v) is 16.4. The average molecular weight is 382 g/mol. The number of aromatic nitrogens is 3. The van der Waals surface area contributed by atoms with Crippen molar-refractivity contribution in [3.05, 3.63) is 63.7 Å². The van der Waals surface area contributed by atoms with Gasteiger partial charge < -0.3 is 4.90 Å². The number of rotatable bonds is 4. The van der Waals surface area contributed by atoms with E-state index in [4.69, 9.17) is 0 Å². The van der Waals surface area contributed by atoms with Crippen LogP contribution in [-0.2, 0) is 6.54 Å². The Morgan fingerprint density at radius 3 is 3.00 bits per heavy atom. The van der Waals surface area contributed by atoms with Gasteiger partial charge in [0, 0.05) is 24.2 Å². The molecule has 2 amide bonds. The van der Waals surface area contributed by atoms with E-state index in [1.165, 1.54) is 5.56 Å². The van der Waals surface area contributed by atoms with Gasteiger partial charge in [-0.05, 0) is 32.3 Å². The summed E-state index contributed by atoms with van der Waals surface area (Å²) in [5.41, 5.74) is 3.26. The molecular formula is C20H23N5OS. The fraction of sp³-hybridized carbons (Fsp3) is 0.350. The van der Waals surface area contributed by atoms with E-state index in [9.17, 15) is 4.79 Å². The van der Waals surface area contributed by atoms with Crippen LogP contribution in [0.3, 0.4) is 0 Å². The minimum atomic E-state index is -0.0851. The van der Waals surface area contributed by atoms with E-state index in [2.05, 4.69) is 40.5 Å². The standard InChI is InChI=1S/C20H23N5OS/c1-14-5-3-6-16(11-14)13-25-18(12-15(2)23-25)22-20(26)24-9-4-7-17(24)19-21-8-10-27-19/h3,5-6,8,10-12,17H,4,7,9,13H2,1-2H3,(H,22,26)/t17-/m0/s1. The number of amides is 2. The highest BCUT2D eigenvalue weighted by molar-refractivity contribution is 7.09. The highest BCUT2D eigenvalue weighted by Gasteiger charge is 2.32. The minimum absolute atomic E-state index is 0.0687. The number of nitrogens with one attached hydrogen (secondary N) is 1. The molecule has 0 spiro atoms. The van der Waals surface area contributed by atoms with Crippen molar-refractivity contribution in [3.63, 3.8) is 0 Å². The Balaban J connectivity index is 1.51. The third kappa shape index (κ3) is 3.88. The fourth-order valence-electron chi connectivity index (χ4n) is 3.60. The molecule has 27 heavy (non-hydrogen) atoms. The van der Waals surface area contributed by atoms with E-state index >= 15 is 0 Å². The second-order valence-corrected chi connectivity index (χ2v) is 7.90. The van der Waals surface area contributed by atoms with Crippen molar-refractivity contribution in [1.82, 2.24) is 19.7 Å². The number of likely N-dealkylation sites (tertiary alicyclic amines) is 1. The third-order valence-corrected chi connectivity index (χ3v) is 5.68. The predicted octanol–water partition coefficient (Wildman–Crippen LogP) is 4.37. The monoisotopic (exact) mass is 381 g/mol. The second kappa shape index (κ2) is 7.52. The van der Waals surface area contributed by atoms with Gasteiger partial charge in [-0.1, -0.05) is 29.8 Å². The highest BCUT2D eigenvalue weighted by Crippen LogP contribution is 2.33. The van der Waals surface area contributed by atoms with Crippen molar-refractivity contribution in [2.45, 2.75) is 39.3 Å². The molecule has 0 unspecified atom stereocenters. The van der Waals surface area contributed by atoms with E-state index in [0.29, 0.717) is 6.54 Å². The van der Waals surface area contributed by atoms with Crippen LogP contribution in [0, 0.1) is 13.8 Å². The molecule has 1 aliphatic rings. The van der Waals surface area contributed by atoms with Crippen molar-refractivity contribution >= 4 is 23.2 Å². The van der Waals surface area contributed by atoms with Crippen LogP contribution in [0.1, 0.15) is 40.7 Å². The van der Waals surface area contributed by atoms with Crippen molar-refractivity contribution in [1.29, 1.82) is 0 Å². The number of hydrogen-bond acceptors (Lipinski definition) is 4. The number of carbonyl (C=O) groups excluding carboxylic acids is 1. The number of nitrogens with zero attached hydrogens (tertiary/aromatic N) is 4. The number of aryl methyl sites for hydroxylation is 2. The van der Waals surface area contributed by atoms with Gasteiger partial charge >= 0.3 is 6.03 Å². The molecule has 1 saturated heterocycles. The normalized spacial score (nSPS) is 16.7. The van der Waals surface area contributed by atoms with Crippen LogP contribution in [0.15, 0.2) is 41.9 Å². The van der Waals surface area contributed by atoms with Crippen LogP contribution in [-0.4, -0.2) is 32.2 Å². The first-order valence-electron chi connectivity index (χ1n) is 9.17. The summed E-state index contributed by atoms with van der Waals surface area (Å²) in [6.07, 6.45) is 3.76. The molecule has 140 valence electrons. The first-order valence-corrected chi connectivity index (χ1v) is 10.0. The average Bonchev–Trinajstić information content (AvgIpc) is 3.36. The van der Waals surface area contributed by atoms with E-state index in [-0.39, 0.29) is 12.1 Å². The van der Waals surface area contributed by atoms with Crippen molar-refractivity contribution < 1.29 is 4.79 Å². The highest BCUT2D eigenvalue weighted by atomic mass is 32.1. The Morgan fingerprint density at radius 2 is 2.22 bits per heavy atom. The Bertz CT molecular complexity index is 934. The molecule has 1 N–H and O–H groups in total. The van der Waals surface area contributed by atoms with E-state index in [1.807, 2.05) is 34.0 Å². The topological polar surface area (TPSA) is 63.1 Å². The molecule has 1 atom stereocenters. The molecule has 0 radical (unpaired) electrons. The van der Waals surface area contributed by atoms with Gasteiger partial charge in [-0.25, -0.2) is 14.5 Å². The summed E-state index contributed by atoms with van der Waals surface area (Å²) in [5.74, 6) is 0.726. The van der Waals surface area contributed by atoms with Crippen molar-refractivity contribution in [3.8, 4) is 0 Å². The molecule has 6 nitrogen and oxygen atoms in total. The van der Waals surface area contributed by atoms with Gasteiger partial charge in [0.1, 0.15) is 10.8 Å². The summed E-state index contributed by atoms with van der Waals surface area (Å²) in [6.45, 7) is 5.39. The molecule has 2 aromatic heterocycles. The zero-order valence-electron chi connectivity index (χ0n) is 15.6. The van der Waals surface area contributed by atoms with Crippen molar-refractivity contribution in [2.24, 2.45) is 0 Å². The lowest BCUT2D eigenvalue weighted by atomic mass is 10.1. The maximum Gasteiger partial charge on any atom is 0.323 e. The smallest absolute Gasteiger partial charge is 0.315 e. The summed E-state index contributed by atoms with van der Waals surface area (Å²) in [6, 6.07) is 10.2. The summed E-state index contributed by atoms with van der Waals surface area (Å²) in [4.78, 5) is 19.2. The molecule has 7 heteroatoms. The van der Waals surface area contributed by atoms with Crippen LogP contribution in [0.5, 0.6) is 0 Å². The zero-order chi connectivity index (χ0) is 18.8. The molecule has 0 bridgehead atoms. The molecule has 3 heterocycles. The van der Waals surface area contributed by atoms with Crippen LogP contribution in [0.4, 0.5) is 10.6 Å². The first-order chi connectivity index (χ1) is 13.1. The quantitative estimate of drug-likeness (QED) is 0.730. The number of hydrogen-bond donors (Lipinski definition) is 1. The molecule has 0 saturated carbocycles. The largest absolute Gasteiger partial charge is 0.323 e. The Kier molecular flexibility index (Phi) is 4.94. The lowest BCUT2D eigenvalue weighted by Gasteiger charge is -2.23. The maximum absolute atomic E-state index is 12.9. The van der Waals surface area contributed by atoms with Gasteiger partial charge in [-0.3, -0.25) is 5.32 Å². The Hall–Kier alpha value is -2.67. The molecule has 3 aromatic rings. The van der Waals surface area contributed by atoms with Gasteiger partial charge in [0.25, 0.3) is 0 Å². The third-order valence-electron chi connectivity index (χ3n) is 4.80. The number of thiazole rings is 1. The van der Waals surface area contributed by atoms with E-state index in [0.717, 1.165) is 41.5 Å². The Morgan fingerprint density at radius 1 is 1.33 bits per heavy atom. The number of urea groups is 1. The van der Waals surface area contributed by atoms with Gasteiger partial charge in [0.2, 0.25) is 0 Å². The van der Waals surface area contributed by atoms with Gasteiger partial charge in [0.15, 0.2) is 0 Å². The van der Waals surface area contributed by atoms with Crippen LogP contribution in [0.2, 0.25) is 0 Å². The summed E-state index contributed by atoms with van der Waals surface area (Å²) in [5, 5.41) is 10.6. The van der Waals surface area contributed by atoms with Crippen molar-refractivity contribution in [2.75, 3.05) is 11.9 Å². The van der Waals surface area contributed by atoms with E-state index in [1.54, 1.807) is 17.5 Å². The molecule has 1 aliphatic heterocycles. The van der Waals surface area contributed by atoms with E-state index < -0.39 is 0 Å². The SMILES string of the molecule is Cc1cccc(Cn2nc(C)cc2NC(=O)N2CCC[C@H]2c2nccs2)c1. The minimum Gasteiger partial charge on any atom is -0.315 e. The lowest BCUT2D eigenvalue weighted by Crippen LogP contribution is -2.35. The second-order valence-electron chi connectivity index (χ2n) is 6.97. The molecule has 0 aliphatic carbocycles. The first kappa shape index (κ1) is 17.7. The lowest BCUT2D eigenvalue weighted by molar-refractivity contribution is 0.206. The molecule has 1 fully saturated rings. The number of carbonyl (C=O) groups is 1. The van der Waals surface area contributed by atoms with Crippen LogP contribution < -0.4 is 5.32 Å². The maximum atomic E-state index is 12.9. The Labute approximate surface area is 162 Å². The molecular weight excluding hydrogens is 358 g/mol. The van der Waals surface area contributed by atoms with Gasteiger partial charge in [-0.15, -0.1) is 11.3 Å². The predicted molar refractivity (Wildman–Crippen MR) is 107 cm³/mol.